The first-order valence-corrected chi connectivity index (χ1v) is 8.10. The third-order valence-electron chi connectivity index (χ3n) is 4.26. The van der Waals surface area contributed by atoms with E-state index in [1.54, 1.807) is 39.0 Å². The molecule has 1 saturated carbocycles. The fraction of sp³-hybridized carbons (Fsp3) is 0.556. The molecule has 1 aromatic carbocycles. The minimum atomic E-state index is -0.863. The molecule has 0 spiro atoms. The van der Waals surface area contributed by atoms with Gasteiger partial charge in [-0.2, -0.15) is 0 Å². The van der Waals surface area contributed by atoms with E-state index in [9.17, 15) is 14.7 Å². The predicted octanol–water partition coefficient (Wildman–Crippen LogP) is 3.94. The second kappa shape index (κ2) is 6.71. The summed E-state index contributed by atoms with van der Waals surface area (Å²) in [4.78, 5) is 23.7. The van der Waals surface area contributed by atoms with Gasteiger partial charge in [0.15, 0.2) is 0 Å². The largest absolute Gasteiger partial charge is 0.495 e. The van der Waals surface area contributed by atoms with Gasteiger partial charge < -0.3 is 14.6 Å². The number of ether oxygens (including phenoxy) is 2. The average Bonchev–Trinajstić information content (AvgIpc) is 2.96. The molecule has 1 fully saturated rings. The molecule has 1 amide bonds. The molecule has 2 rings (SSSR count). The van der Waals surface area contributed by atoms with Crippen molar-refractivity contribution in [3.05, 3.63) is 23.8 Å². The number of carboxylic acids is 1. The smallest absolute Gasteiger partial charge is 0.412 e. The molecule has 1 aromatic rings. The van der Waals surface area contributed by atoms with E-state index >= 15 is 0 Å². The summed E-state index contributed by atoms with van der Waals surface area (Å²) in [7, 11) is 1.49. The van der Waals surface area contributed by atoms with Gasteiger partial charge in [-0.25, -0.2) is 4.79 Å². The quantitative estimate of drug-likeness (QED) is 0.870. The lowest BCUT2D eigenvalue weighted by Gasteiger charge is -2.25. The van der Waals surface area contributed by atoms with E-state index in [2.05, 4.69) is 5.32 Å². The normalized spacial score (nSPS) is 16.5. The Morgan fingerprint density at radius 2 is 1.83 bits per heavy atom. The molecule has 0 atom stereocenters. The average molecular weight is 335 g/mol. The Kier molecular flexibility index (Phi) is 5.06. The van der Waals surface area contributed by atoms with Gasteiger partial charge in [0.1, 0.15) is 11.4 Å². The molecule has 1 aliphatic carbocycles. The van der Waals surface area contributed by atoms with E-state index in [-0.39, 0.29) is 0 Å². The highest BCUT2D eigenvalue weighted by Gasteiger charge is 2.43. The van der Waals surface area contributed by atoms with Gasteiger partial charge in [-0.05, 0) is 51.3 Å². The number of aliphatic carboxylic acids is 1. The molecule has 132 valence electrons. The molecule has 0 saturated heterocycles. The Hall–Kier alpha value is -2.24. The van der Waals surface area contributed by atoms with Crippen LogP contribution in [0.5, 0.6) is 5.75 Å². The van der Waals surface area contributed by atoms with Crippen molar-refractivity contribution in [3.63, 3.8) is 0 Å². The van der Waals surface area contributed by atoms with Crippen LogP contribution in [0.1, 0.15) is 52.0 Å². The third kappa shape index (κ3) is 3.80. The molecule has 0 heterocycles. The first kappa shape index (κ1) is 18.1. The Morgan fingerprint density at radius 1 is 1.21 bits per heavy atom. The van der Waals surface area contributed by atoms with E-state index < -0.39 is 23.1 Å². The summed E-state index contributed by atoms with van der Waals surface area (Å²) in [6.45, 7) is 5.34. The summed E-state index contributed by atoms with van der Waals surface area (Å²) >= 11 is 0. The molecular formula is C18H25NO5. The minimum absolute atomic E-state index is 0.422. The number of carbonyl (C=O) groups excluding carboxylic acids is 1. The highest BCUT2D eigenvalue weighted by atomic mass is 16.6. The van der Waals surface area contributed by atoms with Gasteiger partial charge in [0.05, 0.1) is 18.2 Å². The number of nitrogens with one attached hydrogen (secondary N) is 1. The SMILES string of the molecule is COc1cc(C2(C(=O)O)CCCC2)ccc1NC(=O)OC(C)(C)C. The van der Waals surface area contributed by atoms with Gasteiger partial charge in [-0.3, -0.25) is 10.1 Å². The lowest BCUT2D eigenvalue weighted by molar-refractivity contribution is -0.143. The fourth-order valence-corrected chi connectivity index (χ4v) is 3.11. The van der Waals surface area contributed by atoms with Crippen LogP contribution in [-0.2, 0) is 14.9 Å². The second-order valence-corrected chi connectivity index (χ2v) is 7.14. The van der Waals surface area contributed by atoms with Crippen molar-refractivity contribution in [2.45, 2.75) is 57.5 Å². The van der Waals surface area contributed by atoms with Gasteiger partial charge in [-0.15, -0.1) is 0 Å². The lowest BCUT2D eigenvalue weighted by atomic mass is 9.79. The maximum Gasteiger partial charge on any atom is 0.412 e. The van der Waals surface area contributed by atoms with E-state index in [1.165, 1.54) is 7.11 Å². The summed E-state index contributed by atoms with van der Waals surface area (Å²) in [6, 6.07) is 5.11. The van der Waals surface area contributed by atoms with Crippen LogP contribution in [0.4, 0.5) is 10.5 Å². The van der Waals surface area contributed by atoms with Crippen LogP contribution < -0.4 is 10.1 Å². The summed E-state index contributed by atoms with van der Waals surface area (Å²) in [5.41, 5.74) is -0.306. The van der Waals surface area contributed by atoms with Crippen molar-refractivity contribution in [1.82, 2.24) is 0 Å². The van der Waals surface area contributed by atoms with Gasteiger partial charge in [0.2, 0.25) is 0 Å². The number of carbonyl (C=O) groups is 2. The standard InChI is InChI=1S/C18H25NO5/c1-17(2,3)24-16(22)19-13-8-7-12(11-14(13)23-4)18(15(20)21)9-5-6-10-18/h7-8,11H,5-6,9-10H2,1-4H3,(H,19,22)(H,20,21). The highest BCUT2D eigenvalue weighted by Crippen LogP contribution is 2.43. The fourth-order valence-electron chi connectivity index (χ4n) is 3.11. The molecule has 0 unspecified atom stereocenters. The molecule has 0 aromatic heterocycles. The first-order chi connectivity index (χ1) is 11.2. The van der Waals surface area contributed by atoms with Gasteiger partial charge in [0.25, 0.3) is 0 Å². The van der Waals surface area contributed by atoms with Crippen LogP contribution in [0.25, 0.3) is 0 Å². The number of methoxy groups -OCH3 is 1. The second-order valence-electron chi connectivity index (χ2n) is 7.14. The molecule has 6 nitrogen and oxygen atoms in total. The highest BCUT2D eigenvalue weighted by molar-refractivity contribution is 5.88. The van der Waals surface area contributed by atoms with Crippen LogP contribution in [0, 0.1) is 0 Å². The number of hydrogen-bond acceptors (Lipinski definition) is 4. The summed E-state index contributed by atoms with van der Waals surface area (Å²) < 4.78 is 10.6. The molecule has 0 aliphatic heterocycles. The van der Waals surface area contributed by atoms with Crippen molar-refractivity contribution in [2.75, 3.05) is 12.4 Å². The predicted molar refractivity (Wildman–Crippen MR) is 90.6 cm³/mol. The monoisotopic (exact) mass is 335 g/mol. The summed E-state index contributed by atoms with van der Waals surface area (Å²) in [5.74, 6) is -0.388. The number of hydrogen-bond donors (Lipinski definition) is 2. The maximum absolute atomic E-state index is 11.9. The zero-order valence-corrected chi connectivity index (χ0v) is 14.6. The molecule has 0 bridgehead atoms. The van der Waals surface area contributed by atoms with Crippen molar-refractivity contribution in [1.29, 1.82) is 0 Å². The molecule has 6 heteroatoms. The van der Waals surface area contributed by atoms with Crippen molar-refractivity contribution >= 4 is 17.7 Å². The van der Waals surface area contributed by atoms with Crippen molar-refractivity contribution in [3.8, 4) is 5.75 Å². The van der Waals surface area contributed by atoms with Crippen LogP contribution in [-0.4, -0.2) is 29.9 Å². The number of rotatable bonds is 4. The van der Waals surface area contributed by atoms with E-state index in [4.69, 9.17) is 9.47 Å². The lowest BCUT2D eigenvalue weighted by Crippen LogP contribution is -2.32. The Morgan fingerprint density at radius 3 is 2.33 bits per heavy atom. The topological polar surface area (TPSA) is 84.9 Å². The molecule has 1 aliphatic rings. The van der Waals surface area contributed by atoms with E-state index in [0.29, 0.717) is 29.8 Å². The minimum Gasteiger partial charge on any atom is -0.495 e. The van der Waals surface area contributed by atoms with Crippen LogP contribution in [0.15, 0.2) is 18.2 Å². The summed E-state index contributed by atoms with van der Waals surface area (Å²) in [5, 5.41) is 12.3. The third-order valence-corrected chi connectivity index (χ3v) is 4.26. The Labute approximate surface area is 142 Å². The van der Waals surface area contributed by atoms with Crippen LogP contribution in [0.3, 0.4) is 0 Å². The summed E-state index contributed by atoms with van der Waals surface area (Å²) in [6.07, 6.45) is 2.44. The number of benzene rings is 1. The zero-order chi connectivity index (χ0) is 18.0. The van der Waals surface area contributed by atoms with E-state index in [0.717, 1.165) is 12.8 Å². The van der Waals surface area contributed by atoms with Crippen LogP contribution in [0.2, 0.25) is 0 Å². The number of carboxylic acid groups (broad SMARTS) is 1. The van der Waals surface area contributed by atoms with Crippen LogP contribution >= 0.6 is 0 Å². The molecule has 2 N–H and O–H groups in total. The molecule has 24 heavy (non-hydrogen) atoms. The molecule has 0 radical (unpaired) electrons. The van der Waals surface area contributed by atoms with Gasteiger partial charge in [-0.1, -0.05) is 18.9 Å². The number of anilines is 1. The Balaban J connectivity index is 2.28. The van der Waals surface area contributed by atoms with Crippen molar-refractivity contribution in [2.24, 2.45) is 0 Å². The Bertz CT molecular complexity index is 627. The van der Waals surface area contributed by atoms with E-state index in [1.807, 2.05) is 0 Å². The maximum atomic E-state index is 11.9. The molecular weight excluding hydrogens is 310 g/mol. The van der Waals surface area contributed by atoms with Crippen molar-refractivity contribution < 1.29 is 24.2 Å². The first-order valence-electron chi connectivity index (χ1n) is 8.10. The van der Waals surface area contributed by atoms with Gasteiger partial charge >= 0.3 is 12.1 Å². The zero-order valence-electron chi connectivity index (χ0n) is 14.6. The number of amides is 1. The van der Waals surface area contributed by atoms with Gasteiger partial charge in [0, 0.05) is 0 Å².